The predicted molar refractivity (Wildman–Crippen MR) is 69.4 cm³/mol. The van der Waals surface area contributed by atoms with Gasteiger partial charge in [-0.1, -0.05) is 6.08 Å². The molecule has 5 heteroatoms. The van der Waals surface area contributed by atoms with Crippen LogP contribution in [0.1, 0.15) is 12.7 Å². The molecular formula is C12H18N4O. The lowest BCUT2D eigenvalue weighted by Crippen LogP contribution is -2.25. The standard InChI is InChI=1S/C12H18N4O/c1-5-6-13-11-7-12(15-10(3)14-11)16(4)8-9(2)17/h5,7H,1,6,8H2,2-4H3,(H,13,14,15). The Labute approximate surface area is 102 Å². The van der Waals surface area contributed by atoms with Gasteiger partial charge in [-0.3, -0.25) is 4.79 Å². The van der Waals surface area contributed by atoms with Gasteiger partial charge >= 0.3 is 0 Å². The van der Waals surface area contributed by atoms with Crippen LogP contribution >= 0.6 is 0 Å². The van der Waals surface area contributed by atoms with Gasteiger partial charge in [0.2, 0.25) is 0 Å². The molecule has 17 heavy (non-hydrogen) atoms. The van der Waals surface area contributed by atoms with Gasteiger partial charge < -0.3 is 10.2 Å². The van der Waals surface area contributed by atoms with E-state index in [1.165, 1.54) is 0 Å². The number of nitrogens with one attached hydrogen (secondary N) is 1. The van der Waals surface area contributed by atoms with Crippen molar-refractivity contribution in [3.8, 4) is 0 Å². The highest BCUT2D eigenvalue weighted by atomic mass is 16.1. The molecule has 0 radical (unpaired) electrons. The molecular weight excluding hydrogens is 216 g/mol. The highest BCUT2D eigenvalue weighted by molar-refractivity contribution is 5.80. The number of rotatable bonds is 6. The van der Waals surface area contributed by atoms with E-state index in [1.54, 1.807) is 17.9 Å². The molecule has 92 valence electrons. The number of nitrogens with zero attached hydrogens (tertiary/aromatic N) is 3. The summed E-state index contributed by atoms with van der Waals surface area (Å²) in [7, 11) is 1.83. The third kappa shape index (κ3) is 4.22. The van der Waals surface area contributed by atoms with E-state index >= 15 is 0 Å². The lowest BCUT2D eigenvalue weighted by molar-refractivity contribution is -0.115. The number of aromatic nitrogens is 2. The molecule has 0 aliphatic rings. The van der Waals surface area contributed by atoms with Crippen LogP contribution in [0.3, 0.4) is 0 Å². The lowest BCUT2D eigenvalue weighted by atomic mass is 10.4. The molecule has 1 heterocycles. The maximum Gasteiger partial charge on any atom is 0.149 e. The fourth-order valence-corrected chi connectivity index (χ4v) is 1.43. The quantitative estimate of drug-likeness (QED) is 0.754. The summed E-state index contributed by atoms with van der Waals surface area (Å²) in [5.41, 5.74) is 0. The van der Waals surface area contributed by atoms with Gasteiger partial charge in [0.15, 0.2) is 0 Å². The van der Waals surface area contributed by atoms with Crippen LogP contribution in [0.2, 0.25) is 0 Å². The Hall–Kier alpha value is -1.91. The van der Waals surface area contributed by atoms with Gasteiger partial charge in [0.05, 0.1) is 6.54 Å². The number of carbonyl (C=O) groups is 1. The highest BCUT2D eigenvalue weighted by Gasteiger charge is 2.07. The first-order valence-electron chi connectivity index (χ1n) is 5.44. The molecule has 0 saturated carbocycles. The van der Waals surface area contributed by atoms with E-state index in [4.69, 9.17) is 0 Å². The van der Waals surface area contributed by atoms with E-state index in [2.05, 4.69) is 21.9 Å². The Bertz CT molecular complexity index is 417. The molecule has 0 bridgehead atoms. The highest BCUT2D eigenvalue weighted by Crippen LogP contribution is 2.14. The van der Waals surface area contributed by atoms with Crippen LogP contribution < -0.4 is 10.2 Å². The van der Waals surface area contributed by atoms with E-state index in [0.717, 1.165) is 11.6 Å². The Balaban J connectivity index is 2.87. The average molecular weight is 234 g/mol. The second kappa shape index (κ2) is 5.98. The van der Waals surface area contributed by atoms with Crippen LogP contribution in [0.25, 0.3) is 0 Å². The normalized spacial score (nSPS) is 9.82. The van der Waals surface area contributed by atoms with E-state index in [9.17, 15) is 4.79 Å². The second-order valence-corrected chi connectivity index (χ2v) is 3.89. The minimum absolute atomic E-state index is 0.101. The monoisotopic (exact) mass is 234 g/mol. The summed E-state index contributed by atoms with van der Waals surface area (Å²) < 4.78 is 0. The van der Waals surface area contributed by atoms with Crippen LogP contribution in [-0.2, 0) is 4.79 Å². The Morgan fingerprint density at radius 3 is 2.88 bits per heavy atom. The average Bonchev–Trinajstić information content (AvgIpc) is 2.24. The SMILES string of the molecule is C=CCNc1cc(N(C)CC(C)=O)nc(C)n1. The Kier molecular flexibility index (Phi) is 4.63. The van der Waals surface area contributed by atoms with E-state index < -0.39 is 0 Å². The van der Waals surface area contributed by atoms with Gasteiger partial charge in [0.1, 0.15) is 23.2 Å². The van der Waals surface area contributed by atoms with Gasteiger partial charge in [-0.15, -0.1) is 6.58 Å². The molecule has 0 saturated heterocycles. The first-order valence-corrected chi connectivity index (χ1v) is 5.44. The first-order chi connectivity index (χ1) is 8.02. The number of carbonyl (C=O) groups excluding carboxylic acids is 1. The minimum Gasteiger partial charge on any atom is -0.366 e. The van der Waals surface area contributed by atoms with Crippen LogP contribution in [0.5, 0.6) is 0 Å². The van der Waals surface area contributed by atoms with Crippen molar-refractivity contribution in [3.05, 3.63) is 24.5 Å². The molecule has 0 fully saturated rings. The van der Waals surface area contributed by atoms with Crippen molar-refractivity contribution in [2.24, 2.45) is 0 Å². The fraction of sp³-hybridized carbons (Fsp3) is 0.417. The third-order valence-corrected chi connectivity index (χ3v) is 2.10. The summed E-state index contributed by atoms with van der Waals surface area (Å²) in [6, 6.07) is 1.82. The molecule has 0 spiro atoms. The molecule has 1 N–H and O–H groups in total. The number of ketones is 1. The third-order valence-electron chi connectivity index (χ3n) is 2.10. The topological polar surface area (TPSA) is 58.1 Å². The Morgan fingerprint density at radius 1 is 1.59 bits per heavy atom. The maximum atomic E-state index is 11.1. The first kappa shape index (κ1) is 13.2. The summed E-state index contributed by atoms with van der Waals surface area (Å²) in [6.45, 7) is 8.00. The van der Waals surface area contributed by atoms with Gasteiger partial charge in [-0.05, 0) is 13.8 Å². The van der Waals surface area contributed by atoms with Crippen LogP contribution in [0.15, 0.2) is 18.7 Å². The van der Waals surface area contributed by atoms with Crippen molar-refractivity contribution >= 4 is 17.4 Å². The zero-order valence-electron chi connectivity index (χ0n) is 10.5. The van der Waals surface area contributed by atoms with Crippen molar-refractivity contribution in [2.45, 2.75) is 13.8 Å². The van der Waals surface area contributed by atoms with E-state index in [1.807, 2.05) is 20.0 Å². The van der Waals surface area contributed by atoms with E-state index in [-0.39, 0.29) is 5.78 Å². The number of Topliss-reactive ketones (excluding diaryl/α,β-unsaturated/α-hetero) is 1. The number of likely N-dealkylation sites (N-methyl/N-ethyl adjacent to an activating group) is 1. The van der Waals surface area contributed by atoms with Gasteiger partial charge in [0.25, 0.3) is 0 Å². The van der Waals surface area contributed by atoms with E-state index in [0.29, 0.717) is 18.9 Å². The fourth-order valence-electron chi connectivity index (χ4n) is 1.43. The zero-order chi connectivity index (χ0) is 12.8. The lowest BCUT2D eigenvalue weighted by Gasteiger charge is -2.17. The molecule has 1 aromatic rings. The molecule has 5 nitrogen and oxygen atoms in total. The largest absolute Gasteiger partial charge is 0.366 e. The van der Waals surface area contributed by atoms with Gasteiger partial charge in [0, 0.05) is 19.7 Å². The number of anilines is 2. The summed E-state index contributed by atoms with van der Waals surface area (Å²) >= 11 is 0. The number of hydrogen-bond donors (Lipinski definition) is 1. The smallest absolute Gasteiger partial charge is 0.149 e. The van der Waals surface area contributed by atoms with Crippen molar-refractivity contribution in [2.75, 3.05) is 30.4 Å². The van der Waals surface area contributed by atoms with Crippen LogP contribution in [0, 0.1) is 6.92 Å². The second-order valence-electron chi connectivity index (χ2n) is 3.89. The molecule has 0 amide bonds. The predicted octanol–water partition coefficient (Wildman–Crippen LogP) is 1.41. The summed E-state index contributed by atoms with van der Waals surface area (Å²) in [6.07, 6.45) is 1.76. The van der Waals surface area contributed by atoms with Crippen LogP contribution in [-0.4, -0.2) is 35.9 Å². The van der Waals surface area contributed by atoms with Gasteiger partial charge in [-0.2, -0.15) is 0 Å². The van der Waals surface area contributed by atoms with Gasteiger partial charge in [-0.25, -0.2) is 9.97 Å². The number of hydrogen-bond acceptors (Lipinski definition) is 5. The molecule has 0 aromatic carbocycles. The summed E-state index contributed by atoms with van der Waals surface area (Å²) in [5.74, 6) is 2.25. The molecule has 0 aliphatic carbocycles. The molecule has 0 unspecified atom stereocenters. The molecule has 1 aromatic heterocycles. The van der Waals surface area contributed by atoms with Crippen molar-refractivity contribution in [3.63, 3.8) is 0 Å². The summed E-state index contributed by atoms with van der Waals surface area (Å²) in [4.78, 5) is 21.4. The van der Waals surface area contributed by atoms with Crippen molar-refractivity contribution < 1.29 is 4.79 Å². The minimum atomic E-state index is 0.101. The molecule has 1 rings (SSSR count). The van der Waals surface area contributed by atoms with Crippen LogP contribution in [0.4, 0.5) is 11.6 Å². The molecule has 0 aliphatic heterocycles. The summed E-state index contributed by atoms with van der Waals surface area (Å²) in [5, 5.41) is 3.10. The van der Waals surface area contributed by atoms with Crippen molar-refractivity contribution in [1.29, 1.82) is 0 Å². The zero-order valence-corrected chi connectivity index (χ0v) is 10.5. The Morgan fingerprint density at radius 2 is 2.29 bits per heavy atom. The maximum absolute atomic E-state index is 11.1. The molecule has 0 atom stereocenters. The number of aryl methyl sites for hydroxylation is 1. The van der Waals surface area contributed by atoms with Crippen molar-refractivity contribution in [1.82, 2.24) is 9.97 Å².